The summed E-state index contributed by atoms with van der Waals surface area (Å²) < 4.78 is 0. The molecule has 17 heavy (non-hydrogen) atoms. The van der Waals surface area contributed by atoms with E-state index in [9.17, 15) is 5.11 Å². The van der Waals surface area contributed by atoms with Gasteiger partial charge in [0.25, 0.3) is 0 Å². The number of hydrogen-bond acceptors (Lipinski definition) is 2. The van der Waals surface area contributed by atoms with Crippen LogP contribution in [0.3, 0.4) is 0 Å². The van der Waals surface area contributed by atoms with Crippen molar-refractivity contribution in [1.29, 1.82) is 0 Å². The van der Waals surface area contributed by atoms with Crippen molar-refractivity contribution < 1.29 is 5.11 Å². The van der Waals surface area contributed by atoms with Gasteiger partial charge in [-0.1, -0.05) is 17.7 Å². The van der Waals surface area contributed by atoms with Crippen LogP contribution in [0.1, 0.15) is 37.3 Å². The summed E-state index contributed by atoms with van der Waals surface area (Å²) in [4.78, 5) is 2.47. The van der Waals surface area contributed by atoms with Crippen molar-refractivity contribution in [3.8, 4) is 0 Å². The van der Waals surface area contributed by atoms with E-state index < -0.39 is 0 Å². The molecule has 2 heteroatoms. The minimum atomic E-state index is -0.264. The van der Waals surface area contributed by atoms with Crippen molar-refractivity contribution in [2.75, 3.05) is 18.0 Å². The summed E-state index contributed by atoms with van der Waals surface area (Å²) in [7, 11) is 0. The van der Waals surface area contributed by atoms with E-state index in [1.54, 1.807) is 0 Å². The zero-order valence-corrected chi connectivity index (χ0v) is 10.9. The van der Waals surface area contributed by atoms with Gasteiger partial charge in [0.2, 0.25) is 0 Å². The van der Waals surface area contributed by atoms with E-state index in [-0.39, 0.29) is 6.10 Å². The van der Waals surface area contributed by atoms with Gasteiger partial charge in [-0.25, -0.2) is 0 Å². The van der Waals surface area contributed by atoms with Gasteiger partial charge in [0.1, 0.15) is 0 Å². The Kier molecular flexibility index (Phi) is 4.06. The van der Waals surface area contributed by atoms with Gasteiger partial charge in [-0.2, -0.15) is 0 Å². The molecule has 1 aromatic rings. The number of rotatable bonds is 3. The summed E-state index contributed by atoms with van der Waals surface area (Å²) in [5.41, 5.74) is 3.90. The lowest BCUT2D eigenvalue weighted by molar-refractivity contribution is 0.195. The Balaban J connectivity index is 2.24. The highest BCUT2D eigenvalue weighted by molar-refractivity contribution is 5.55. The van der Waals surface area contributed by atoms with Crippen LogP contribution < -0.4 is 4.90 Å². The van der Waals surface area contributed by atoms with Crippen molar-refractivity contribution in [2.24, 2.45) is 0 Å². The molecule has 1 aliphatic heterocycles. The molecule has 1 aromatic carbocycles. The first kappa shape index (κ1) is 12.4. The average Bonchev–Trinajstić information content (AvgIpc) is 2.29. The molecule has 0 saturated carbocycles. The van der Waals surface area contributed by atoms with Crippen molar-refractivity contribution in [2.45, 2.75) is 45.6 Å². The van der Waals surface area contributed by atoms with E-state index >= 15 is 0 Å². The number of anilines is 1. The number of aliphatic hydroxyl groups excluding tert-OH is 1. The van der Waals surface area contributed by atoms with E-state index in [0.717, 1.165) is 19.5 Å². The molecule has 0 spiro atoms. The lowest BCUT2D eigenvalue weighted by atomic mass is 10.0. The Bertz CT molecular complexity index is 367. The second kappa shape index (κ2) is 5.54. The molecule has 0 bridgehead atoms. The fraction of sp³-hybridized carbons (Fsp3) is 0.600. The highest BCUT2D eigenvalue weighted by Gasteiger charge is 2.15. The Labute approximate surface area is 104 Å². The third-order valence-corrected chi connectivity index (χ3v) is 3.45. The summed E-state index contributed by atoms with van der Waals surface area (Å²) in [5, 5.41) is 9.60. The van der Waals surface area contributed by atoms with Crippen molar-refractivity contribution in [3.05, 3.63) is 29.3 Å². The molecular formula is C15H23NO. The monoisotopic (exact) mass is 233 g/mol. The first-order chi connectivity index (χ1) is 8.16. The molecule has 1 saturated heterocycles. The van der Waals surface area contributed by atoms with Crippen LogP contribution in [0, 0.1) is 6.92 Å². The lowest BCUT2D eigenvalue weighted by Gasteiger charge is -2.31. The number of piperidine rings is 1. The summed E-state index contributed by atoms with van der Waals surface area (Å²) in [5.74, 6) is 0. The smallest absolute Gasteiger partial charge is 0.0553 e. The maximum absolute atomic E-state index is 9.60. The van der Waals surface area contributed by atoms with E-state index in [2.05, 4.69) is 30.0 Å². The fourth-order valence-corrected chi connectivity index (χ4v) is 2.64. The van der Waals surface area contributed by atoms with Crippen LogP contribution in [0.5, 0.6) is 0 Å². The molecule has 1 fully saturated rings. The van der Waals surface area contributed by atoms with Crippen molar-refractivity contribution in [1.82, 2.24) is 0 Å². The van der Waals surface area contributed by atoms with Gasteiger partial charge in [0.15, 0.2) is 0 Å². The highest BCUT2D eigenvalue weighted by atomic mass is 16.3. The SMILES string of the molecule is Cc1ccc(N2CCCCC2)c(CC(C)O)c1. The van der Waals surface area contributed by atoms with Crippen LogP contribution in [0.2, 0.25) is 0 Å². The molecule has 2 nitrogen and oxygen atoms in total. The molecule has 1 aliphatic rings. The standard InChI is InChI=1S/C15H23NO/c1-12-6-7-15(14(10-12)11-13(2)17)16-8-4-3-5-9-16/h6-7,10,13,17H,3-5,8-9,11H2,1-2H3. The molecule has 0 aliphatic carbocycles. The zero-order chi connectivity index (χ0) is 12.3. The summed E-state index contributed by atoms with van der Waals surface area (Å²) in [6, 6.07) is 6.62. The maximum atomic E-state index is 9.60. The van der Waals surface area contributed by atoms with E-state index in [4.69, 9.17) is 0 Å². The van der Waals surface area contributed by atoms with E-state index in [1.807, 2.05) is 6.92 Å². The molecule has 1 heterocycles. The minimum Gasteiger partial charge on any atom is -0.393 e. The second-order valence-corrected chi connectivity index (χ2v) is 5.23. The maximum Gasteiger partial charge on any atom is 0.0553 e. The van der Waals surface area contributed by atoms with Crippen molar-refractivity contribution >= 4 is 5.69 Å². The van der Waals surface area contributed by atoms with Gasteiger partial charge in [-0.05, 0) is 44.7 Å². The van der Waals surface area contributed by atoms with Gasteiger partial charge in [-0.15, -0.1) is 0 Å². The van der Waals surface area contributed by atoms with Crippen LogP contribution in [0.4, 0.5) is 5.69 Å². The van der Waals surface area contributed by atoms with Crippen molar-refractivity contribution in [3.63, 3.8) is 0 Å². The number of aliphatic hydroxyl groups is 1. The largest absolute Gasteiger partial charge is 0.393 e. The van der Waals surface area contributed by atoms with Crippen LogP contribution in [0.25, 0.3) is 0 Å². The number of aryl methyl sites for hydroxylation is 1. The summed E-state index contributed by atoms with van der Waals surface area (Å²) >= 11 is 0. The van der Waals surface area contributed by atoms with Crippen LogP contribution in [-0.2, 0) is 6.42 Å². The van der Waals surface area contributed by atoms with Gasteiger partial charge in [0.05, 0.1) is 6.10 Å². The fourth-order valence-electron chi connectivity index (χ4n) is 2.64. The average molecular weight is 233 g/mol. The summed E-state index contributed by atoms with van der Waals surface area (Å²) in [6.07, 6.45) is 4.44. The Hall–Kier alpha value is -1.02. The number of nitrogens with zero attached hydrogens (tertiary/aromatic N) is 1. The third-order valence-electron chi connectivity index (χ3n) is 3.45. The zero-order valence-electron chi connectivity index (χ0n) is 10.9. The Morgan fingerprint density at radius 2 is 1.94 bits per heavy atom. The Morgan fingerprint density at radius 1 is 1.24 bits per heavy atom. The van der Waals surface area contributed by atoms with Crippen LogP contribution in [-0.4, -0.2) is 24.3 Å². The van der Waals surface area contributed by atoms with Gasteiger partial charge in [0, 0.05) is 25.2 Å². The van der Waals surface area contributed by atoms with E-state index in [1.165, 1.54) is 36.1 Å². The van der Waals surface area contributed by atoms with Gasteiger partial charge >= 0.3 is 0 Å². The second-order valence-electron chi connectivity index (χ2n) is 5.23. The number of benzene rings is 1. The molecule has 1 N–H and O–H groups in total. The van der Waals surface area contributed by atoms with Crippen LogP contribution in [0.15, 0.2) is 18.2 Å². The van der Waals surface area contributed by atoms with Crippen LogP contribution >= 0.6 is 0 Å². The lowest BCUT2D eigenvalue weighted by Crippen LogP contribution is -2.30. The number of hydrogen-bond donors (Lipinski definition) is 1. The molecular weight excluding hydrogens is 210 g/mol. The highest BCUT2D eigenvalue weighted by Crippen LogP contribution is 2.26. The molecule has 0 aromatic heterocycles. The first-order valence-electron chi connectivity index (χ1n) is 6.69. The predicted octanol–water partition coefficient (Wildman–Crippen LogP) is 2.91. The summed E-state index contributed by atoms with van der Waals surface area (Å²) in [6.45, 7) is 6.31. The van der Waals surface area contributed by atoms with E-state index in [0.29, 0.717) is 0 Å². The molecule has 94 valence electrons. The van der Waals surface area contributed by atoms with Gasteiger partial charge in [-0.3, -0.25) is 0 Å². The molecule has 1 atom stereocenters. The topological polar surface area (TPSA) is 23.5 Å². The predicted molar refractivity (Wildman–Crippen MR) is 72.6 cm³/mol. The molecule has 1 unspecified atom stereocenters. The first-order valence-corrected chi connectivity index (χ1v) is 6.69. The minimum absolute atomic E-state index is 0.264. The normalized spacial score (nSPS) is 18.2. The van der Waals surface area contributed by atoms with Gasteiger partial charge < -0.3 is 10.0 Å². The molecule has 0 amide bonds. The molecule has 2 rings (SSSR count). The quantitative estimate of drug-likeness (QED) is 0.867. The molecule has 0 radical (unpaired) electrons. The Morgan fingerprint density at radius 3 is 2.59 bits per heavy atom. The third kappa shape index (κ3) is 3.22.